The molecule has 0 aromatic heterocycles. The Morgan fingerprint density at radius 1 is 1.17 bits per heavy atom. The number of aliphatic imine (C=N–C) groups is 1. The Kier molecular flexibility index (Phi) is 7.27. The van der Waals surface area contributed by atoms with Gasteiger partial charge in [0.15, 0.2) is 0 Å². The Morgan fingerprint density at radius 2 is 1.92 bits per heavy atom. The van der Waals surface area contributed by atoms with Crippen molar-refractivity contribution < 1.29 is 32.3 Å². The molecule has 3 N–H and O–H groups in total. The van der Waals surface area contributed by atoms with Crippen LogP contribution in [-0.2, 0) is 14.4 Å². The molecule has 0 bridgehead atoms. The van der Waals surface area contributed by atoms with Crippen LogP contribution < -0.4 is 20.7 Å². The number of benzene rings is 2. The number of nitrogens with zero attached hydrogens (tertiary/aromatic N) is 2. The standard InChI is InChI=1S/C25H25F3N4O4/c26-25(27,28)11-10-16(14-19(29)33)23(34)31-22-24(35)32-12-5-13-36-18-9-4-8-17(21(18)32)20(30-22)15-6-2-1-3-7-15/h1-4,6-9,16,22H,5,10-14H2,(H2,29,33)(H,31,34). The highest BCUT2D eigenvalue weighted by Crippen LogP contribution is 2.38. The van der Waals surface area contributed by atoms with E-state index >= 15 is 0 Å². The highest BCUT2D eigenvalue weighted by Gasteiger charge is 2.38. The fourth-order valence-corrected chi connectivity index (χ4v) is 4.33. The highest BCUT2D eigenvalue weighted by atomic mass is 19.4. The molecule has 3 amide bonds. The SMILES string of the molecule is NC(=O)CC(CCC(F)(F)F)C(=O)NC1N=C(c2ccccc2)c2cccc3c2N(CCCO3)C1=O. The van der Waals surface area contributed by atoms with Crippen molar-refractivity contribution in [2.75, 3.05) is 18.1 Å². The second-order valence-electron chi connectivity index (χ2n) is 8.62. The third kappa shape index (κ3) is 5.67. The van der Waals surface area contributed by atoms with Crippen LogP contribution in [0.2, 0.25) is 0 Å². The van der Waals surface area contributed by atoms with E-state index in [9.17, 15) is 27.6 Å². The molecule has 0 fully saturated rings. The zero-order chi connectivity index (χ0) is 25.9. The number of hydrogen-bond donors (Lipinski definition) is 2. The van der Waals surface area contributed by atoms with Gasteiger partial charge in [0, 0.05) is 36.4 Å². The Hall–Kier alpha value is -3.89. The molecular weight excluding hydrogens is 477 g/mol. The van der Waals surface area contributed by atoms with Gasteiger partial charge >= 0.3 is 6.18 Å². The van der Waals surface area contributed by atoms with Gasteiger partial charge in [-0.25, -0.2) is 4.99 Å². The fraction of sp³-hybridized carbons (Fsp3) is 0.360. The van der Waals surface area contributed by atoms with E-state index < -0.39 is 55.2 Å². The van der Waals surface area contributed by atoms with Gasteiger partial charge in [-0.1, -0.05) is 42.5 Å². The number of primary amides is 1. The van der Waals surface area contributed by atoms with Crippen molar-refractivity contribution in [1.82, 2.24) is 5.32 Å². The van der Waals surface area contributed by atoms with Crippen LogP contribution in [0.25, 0.3) is 0 Å². The number of carbonyl (C=O) groups is 3. The number of hydrogen-bond acceptors (Lipinski definition) is 5. The lowest BCUT2D eigenvalue weighted by atomic mass is 9.97. The average Bonchev–Trinajstić information content (AvgIpc) is 3.12. The predicted molar refractivity (Wildman–Crippen MR) is 126 cm³/mol. The van der Waals surface area contributed by atoms with E-state index in [2.05, 4.69) is 10.3 Å². The minimum absolute atomic E-state index is 0.297. The summed E-state index contributed by atoms with van der Waals surface area (Å²) in [4.78, 5) is 44.2. The van der Waals surface area contributed by atoms with Gasteiger partial charge in [0.1, 0.15) is 5.75 Å². The molecule has 0 aliphatic carbocycles. The van der Waals surface area contributed by atoms with Gasteiger partial charge in [-0.3, -0.25) is 14.4 Å². The van der Waals surface area contributed by atoms with Gasteiger partial charge < -0.3 is 20.7 Å². The summed E-state index contributed by atoms with van der Waals surface area (Å²) in [7, 11) is 0. The van der Waals surface area contributed by atoms with Crippen LogP contribution in [0.15, 0.2) is 53.5 Å². The van der Waals surface area contributed by atoms with Crippen molar-refractivity contribution in [3.63, 3.8) is 0 Å². The summed E-state index contributed by atoms with van der Waals surface area (Å²) in [6.07, 6.45) is -7.91. The van der Waals surface area contributed by atoms with Gasteiger partial charge in [-0.2, -0.15) is 13.2 Å². The number of alkyl halides is 3. The van der Waals surface area contributed by atoms with Crippen molar-refractivity contribution in [1.29, 1.82) is 0 Å². The third-order valence-electron chi connectivity index (χ3n) is 5.99. The Balaban J connectivity index is 1.73. The fourth-order valence-electron chi connectivity index (χ4n) is 4.33. The molecule has 8 nitrogen and oxygen atoms in total. The van der Waals surface area contributed by atoms with Crippen molar-refractivity contribution in [2.24, 2.45) is 16.6 Å². The monoisotopic (exact) mass is 502 g/mol. The number of rotatable bonds is 7. The molecule has 2 heterocycles. The number of halogens is 3. The molecule has 2 atom stereocenters. The summed E-state index contributed by atoms with van der Waals surface area (Å²) < 4.78 is 44.3. The first-order valence-corrected chi connectivity index (χ1v) is 11.5. The summed E-state index contributed by atoms with van der Waals surface area (Å²) in [5.41, 5.74) is 7.41. The average molecular weight is 502 g/mol. The van der Waals surface area contributed by atoms with Crippen molar-refractivity contribution >= 4 is 29.1 Å². The quantitative estimate of drug-likeness (QED) is 0.606. The van der Waals surface area contributed by atoms with Crippen LogP contribution in [0.4, 0.5) is 18.9 Å². The van der Waals surface area contributed by atoms with Gasteiger partial charge in [-0.05, 0) is 18.9 Å². The summed E-state index contributed by atoms with van der Waals surface area (Å²) in [6.45, 7) is 0.679. The van der Waals surface area contributed by atoms with E-state index in [1.807, 2.05) is 6.07 Å². The summed E-state index contributed by atoms with van der Waals surface area (Å²) in [5, 5.41) is 2.48. The maximum absolute atomic E-state index is 13.6. The number of para-hydroxylation sites is 1. The van der Waals surface area contributed by atoms with Crippen LogP contribution in [0.3, 0.4) is 0 Å². The lowest BCUT2D eigenvalue weighted by molar-refractivity contribution is -0.143. The Labute approximate surface area is 205 Å². The van der Waals surface area contributed by atoms with Gasteiger partial charge in [0.25, 0.3) is 5.91 Å². The molecule has 0 spiro atoms. The minimum Gasteiger partial charge on any atom is -0.491 e. The molecule has 11 heteroatoms. The highest BCUT2D eigenvalue weighted by molar-refractivity contribution is 6.21. The second kappa shape index (κ2) is 10.4. The molecule has 2 aromatic carbocycles. The van der Waals surface area contributed by atoms with E-state index in [0.717, 1.165) is 0 Å². The molecule has 36 heavy (non-hydrogen) atoms. The number of nitrogens with two attached hydrogens (primary N) is 1. The number of carbonyl (C=O) groups excluding carboxylic acids is 3. The molecule has 190 valence electrons. The topological polar surface area (TPSA) is 114 Å². The van der Waals surface area contributed by atoms with Crippen molar-refractivity contribution in [2.45, 2.75) is 38.0 Å². The van der Waals surface area contributed by atoms with Crippen LogP contribution in [-0.4, -0.2) is 48.9 Å². The molecule has 4 rings (SSSR count). The van der Waals surface area contributed by atoms with E-state index in [-0.39, 0.29) is 0 Å². The van der Waals surface area contributed by atoms with Crippen molar-refractivity contribution in [3.05, 3.63) is 59.7 Å². The molecule has 2 unspecified atom stereocenters. The van der Waals surface area contributed by atoms with E-state index in [1.54, 1.807) is 42.5 Å². The maximum Gasteiger partial charge on any atom is 0.389 e. The molecule has 0 saturated carbocycles. The van der Waals surface area contributed by atoms with E-state index in [1.165, 1.54) is 4.90 Å². The van der Waals surface area contributed by atoms with Crippen LogP contribution >= 0.6 is 0 Å². The van der Waals surface area contributed by atoms with Crippen LogP contribution in [0, 0.1) is 5.92 Å². The molecule has 0 saturated heterocycles. The predicted octanol–water partition coefficient (Wildman–Crippen LogP) is 2.93. The smallest absolute Gasteiger partial charge is 0.389 e. The van der Waals surface area contributed by atoms with E-state index in [0.29, 0.717) is 47.8 Å². The maximum atomic E-state index is 13.6. The number of amides is 3. The third-order valence-corrected chi connectivity index (χ3v) is 5.99. The van der Waals surface area contributed by atoms with Gasteiger partial charge in [-0.15, -0.1) is 0 Å². The molecule has 2 aromatic rings. The number of ether oxygens (including phenoxy) is 1. The van der Waals surface area contributed by atoms with Crippen LogP contribution in [0.5, 0.6) is 5.75 Å². The zero-order valence-electron chi connectivity index (χ0n) is 19.3. The minimum atomic E-state index is -4.52. The normalized spacial score (nSPS) is 18.2. The van der Waals surface area contributed by atoms with Gasteiger partial charge in [0.05, 0.1) is 18.0 Å². The molecule has 2 aliphatic rings. The largest absolute Gasteiger partial charge is 0.491 e. The zero-order valence-corrected chi connectivity index (χ0v) is 19.3. The van der Waals surface area contributed by atoms with Crippen molar-refractivity contribution in [3.8, 4) is 5.75 Å². The van der Waals surface area contributed by atoms with Crippen LogP contribution in [0.1, 0.15) is 36.8 Å². The molecule has 2 aliphatic heterocycles. The lowest BCUT2D eigenvalue weighted by Gasteiger charge is -2.25. The van der Waals surface area contributed by atoms with Gasteiger partial charge in [0.2, 0.25) is 18.0 Å². The molecular formula is C25H25F3N4O4. The molecule has 0 radical (unpaired) electrons. The summed E-state index contributed by atoms with van der Waals surface area (Å²) in [5.74, 6) is -3.24. The first-order chi connectivity index (χ1) is 17.1. The summed E-state index contributed by atoms with van der Waals surface area (Å²) >= 11 is 0. The number of nitrogens with one attached hydrogen (secondary N) is 1. The van der Waals surface area contributed by atoms with E-state index in [4.69, 9.17) is 10.5 Å². The summed E-state index contributed by atoms with van der Waals surface area (Å²) in [6, 6.07) is 14.3. The Bertz CT molecular complexity index is 1180. The first kappa shape index (κ1) is 25.2. The second-order valence-corrected chi connectivity index (χ2v) is 8.62. The number of anilines is 1. The lowest BCUT2D eigenvalue weighted by Crippen LogP contribution is -2.49. The first-order valence-electron chi connectivity index (χ1n) is 11.5. The Morgan fingerprint density at radius 3 is 2.61 bits per heavy atom.